The summed E-state index contributed by atoms with van der Waals surface area (Å²) < 4.78 is 12.5. The van der Waals surface area contributed by atoms with Gasteiger partial charge in [0.15, 0.2) is 0 Å². The Morgan fingerprint density at radius 2 is 0.915 bits per heavy atom. The van der Waals surface area contributed by atoms with E-state index in [4.69, 9.17) is 4.42 Å². The summed E-state index contributed by atoms with van der Waals surface area (Å²) in [6, 6.07) is 87.8. The number of thiophene rings is 2. The number of benzene rings is 11. The predicted octanol–water partition coefficient (Wildman–Crippen LogP) is 19.5. The minimum atomic E-state index is -0.466. The van der Waals surface area contributed by atoms with Gasteiger partial charge in [-0.15, -0.1) is 22.7 Å². The minimum absolute atomic E-state index is 0.466. The molecule has 0 radical (unpaired) electrons. The van der Waals surface area contributed by atoms with Crippen LogP contribution in [0, 0.1) is 0 Å². The highest BCUT2D eigenvalue weighted by Crippen LogP contribution is 2.64. The molecule has 1 spiro atoms. The molecule has 14 aromatic rings. The van der Waals surface area contributed by atoms with Crippen molar-refractivity contribution in [2.24, 2.45) is 0 Å². The van der Waals surface area contributed by atoms with Crippen LogP contribution < -0.4 is 4.90 Å². The van der Waals surface area contributed by atoms with Crippen molar-refractivity contribution in [2.75, 3.05) is 4.90 Å². The zero-order valence-corrected chi connectivity index (χ0v) is 39.8. The largest absolute Gasteiger partial charge is 0.455 e. The van der Waals surface area contributed by atoms with Gasteiger partial charge in [0.2, 0.25) is 0 Å². The summed E-state index contributed by atoms with van der Waals surface area (Å²) in [7, 11) is 0. The van der Waals surface area contributed by atoms with Gasteiger partial charge in [0, 0.05) is 62.5 Å². The van der Waals surface area contributed by atoms with Crippen molar-refractivity contribution < 1.29 is 4.42 Å². The first-order valence-electron chi connectivity index (χ1n) is 24.3. The van der Waals surface area contributed by atoms with Crippen molar-refractivity contribution in [3.63, 3.8) is 0 Å². The number of rotatable bonds is 5. The van der Waals surface area contributed by atoms with Crippen LogP contribution >= 0.6 is 22.7 Å². The third-order valence-corrected chi connectivity index (χ3v) is 17.8. The molecule has 0 unspecified atom stereocenters. The van der Waals surface area contributed by atoms with E-state index in [2.05, 4.69) is 241 Å². The van der Waals surface area contributed by atoms with E-state index in [9.17, 15) is 0 Å². The lowest BCUT2D eigenvalue weighted by atomic mass is 9.70. The molecule has 16 rings (SSSR count). The molecule has 3 aromatic heterocycles. The standard InChI is InChI=1S/C67H39NOS2/c1-7-25-52-45(19-1)46-20-2-8-26-53(46)67(52)54-27-9-3-22-48(54)64-55(67)36-35-50-65-57(29-15-30-58(65)69-66(50)64)68(42-17-13-16-40(38-42)44-24-14-33-62-63(44)49-23-6-12-32-60(49)71-62)56-28-10-4-18-43(56)41-34-37-61-51(39-41)47-21-5-11-31-59(47)70-61/h1-39H. The Balaban J connectivity index is 0.964. The van der Waals surface area contributed by atoms with Crippen LogP contribution in [0.4, 0.5) is 17.1 Å². The first-order valence-corrected chi connectivity index (χ1v) is 26.0. The lowest BCUT2D eigenvalue weighted by Crippen LogP contribution is -2.25. The van der Waals surface area contributed by atoms with Crippen LogP contribution in [0.5, 0.6) is 0 Å². The van der Waals surface area contributed by atoms with Crippen molar-refractivity contribution >= 4 is 102 Å². The summed E-state index contributed by atoms with van der Waals surface area (Å²) in [4.78, 5) is 2.49. The number of hydrogen-bond acceptors (Lipinski definition) is 4. The smallest absolute Gasteiger partial charge is 0.143 e. The van der Waals surface area contributed by atoms with Gasteiger partial charge in [0.05, 0.1) is 22.2 Å². The molecule has 2 aliphatic carbocycles. The number of fused-ring (bicyclic) bond motifs is 20. The third kappa shape index (κ3) is 5.35. The van der Waals surface area contributed by atoms with Crippen molar-refractivity contribution in [3.05, 3.63) is 259 Å². The molecule has 0 aliphatic heterocycles. The van der Waals surface area contributed by atoms with Gasteiger partial charge in [0.25, 0.3) is 0 Å². The van der Waals surface area contributed by atoms with Gasteiger partial charge in [-0.25, -0.2) is 0 Å². The fourth-order valence-corrected chi connectivity index (χ4v) is 14.9. The quantitative estimate of drug-likeness (QED) is 0.171. The monoisotopic (exact) mass is 937 g/mol. The van der Waals surface area contributed by atoms with Gasteiger partial charge in [0.1, 0.15) is 11.2 Å². The van der Waals surface area contributed by atoms with Gasteiger partial charge < -0.3 is 9.32 Å². The minimum Gasteiger partial charge on any atom is -0.455 e. The predicted molar refractivity (Wildman–Crippen MR) is 301 cm³/mol. The van der Waals surface area contributed by atoms with Crippen LogP contribution in [-0.4, -0.2) is 0 Å². The van der Waals surface area contributed by atoms with Crippen molar-refractivity contribution in [1.29, 1.82) is 0 Å². The maximum atomic E-state index is 7.34. The average Bonchev–Trinajstić information content (AvgIpc) is 4.24. The highest BCUT2D eigenvalue weighted by molar-refractivity contribution is 7.26. The SMILES string of the molecule is c1cc(-c2cccc3sc4ccccc4c23)cc(N(c2ccccc2-c2ccc3sc4ccccc4c3c2)c2cccc3oc4c5c(ccc4c23)C2(c3ccccc3-c3ccccc32)c2ccccc2-5)c1. The Bertz CT molecular complexity index is 4520. The second kappa shape index (κ2) is 14.7. The topological polar surface area (TPSA) is 16.4 Å². The van der Waals surface area contributed by atoms with Crippen LogP contribution in [0.3, 0.4) is 0 Å². The summed E-state index contributed by atoms with van der Waals surface area (Å²) in [6.07, 6.45) is 0. The molecule has 4 heteroatoms. The van der Waals surface area contributed by atoms with Crippen LogP contribution in [0.25, 0.3) is 107 Å². The van der Waals surface area contributed by atoms with E-state index in [1.54, 1.807) is 0 Å². The molecule has 330 valence electrons. The normalized spacial score (nSPS) is 13.2. The molecule has 0 saturated carbocycles. The molecule has 71 heavy (non-hydrogen) atoms. The zero-order valence-electron chi connectivity index (χ0n) is 38.2. The molecular formula is C67H39NOS2. The Labute approximate surface area is 417 Å². The third-order valence-electron chi connectivity index (χ3n) is 15.5. The van der Waals surface area contributed by atoms with Crippen molar-refractivity contribution in [2.45, 2.75) is 5.41 Å². The summed E-state index contributed by atoms with van der Waals surface area (Å²) in [5.74, 6) is 0. The van der Waals surface area contributed by atoms with Gasteiger partial charge in [-0.3, -0.25) is 0 Å². The highest BCUT2D eigenvalue weighted by Gasteiger charge is 2.52. The molecule has 3 heterocycles. The molecule has 2 nitrogen and oxygen atoms in total. The van der Waals surface area contributed by atoms with Gasteiger partial charge in [-0.05, 0) is 116 Å². The second-order valence-electron chi connectivity index (χ2n) is 19.0. The van der Waals surface area contributed by atoms with E-state index < -0.39 is 5.41 Å². The summed E-state index contributed by atoms with van der Waals surface area (Å²) in [5.41, 5.74) is 19.5. The molecule has 0 atom stereocenters. The van der Waals surface area contributed by atoms with E-state index in [1.807, 2.05) is 22.7 Å². The van der Waals surface area contributed by atoms with Gasteiger partial charge in [-0.1, -0.05) is 176 Å². The van der Waals surface area contributed by atoms with Gasteiger partial charge >= 0.3 is 0 Å². The van der Waals surface area contributed by atoms with E-state index in [0.29, 0.717) is 0 Å². The maximum absolute atomic E-state index is 7.34. The molecule has 0 N–H and O–H groups in total. The Morgan fingerprint density at radius 1 is 0.338 bits per heavy atom. The molecule has 2 aliphatic rings. The molecule has 0 amide bonds. The number of para-hydroxylation sites is 1. The Kier molecular flexibility index (Phi) is 8.16. The fraction of sp³-hybridized carbons (Fsp3) is 0.0149. The van der Waals surface area contributed by atoms with Crippen LogP contribution in [0.15, 0.2) is 241 Å². The molecule has 0 fully saturated rings. The van der Waals surface area contributed by atoms with E-state index in [-0.39, 0.29) is 0 Å². The first kappa shape index (κ1) is 39.3. The molecular weight excluding hydrogens is 899 g/mol. The Hall–Kier alpha value is -8.54. The van der Waals surface area contributed by atoms with E-state index >= 15 is 0 Å². The van der Waals surface area contributed by atoms with E-state index in [0.717, 1.165) is 44.6 Å². The van der Waals surface area contributed by atoms with Crippen molar-refractivity contribution in [3.8, 4) is 44.5 Å². The first-order chi connectivity index (χ1) is 35.2. The Morgan fingerprint density at radius 3 is 1.73 bits per heavy atom. The van der Waals surface area contributed by atoms with Crippen molar-refractivity contribution in [1.82, 2.24) is 0 Å². The number of hydrogen-bond donors (Lipinski definition) is 0. The van der Waals surface area contributed by atoms with Gasteiger partial charge in [-0.2, -0.15) is 0 Å². The summed E-state index contributed by atoms with van der Waals surface area (Å²) in [5, 5.41) is 7.35. The number of anilines is 3. The zero-order chi connectivity index (χ0) is 46.4. The van der Waals surface area contributed by atoms with Crippen LogP contribution in [0.1, 0.15) is 22.3 Å². The average molecular weight is 938 g/mol. The number of furan rings is 1. The number of nitrogens with zero attached hydrogens (tertiary/aromatic N) is 1. The summed E-state index contributed by atoms with van der Waals surface area (Å²) >= 11 is 3.72. The highest BCUT2D eigenvalue weighted by atomic mass is 32.1. The van der Waals surface area contributed by atoms with Crippen LogP contribution in [0.2, 0.25) is 0 Å². The lowest BCUT2D eigenvalue weighted by Gasteiger charge is -2.30. The fourth-order valence-electron chi connectivity index (χ4n) is 12.7. The molecule has 11 aromatic carbocycles. The second-order valence-corrected chi connectivity index (χ2v) is 21.2. The van der Waals surface area contributed by atoms with Crippen LogP contribution in [-0.2, 0) is 5.41 Å². The van der Waals surface area contributed by atoms with E-state index in [1.165, 1.54) is 102 Å². The summed E-state index contributed by atoms with van der Waals surface area (Å²) in [6.45, 7) is 0. The molecule has 0 bridgehead atoms. The molecule has 0 saturated heterocycles. The lowest BCUT2D eigenvalue weighted by molar-refractivity contribution is 0.669. The maximum Gasteiger partial charge on any atom is 0.143 e.